The molecule has 1 aliphatic heterocycles. The molecule has 2 rings (SSSR count). The van der Waals surface area contributed by atoms with Gasteiger partial charge in [0.1, 0.15) is 11.5 Å². The lowest BCUT2D eigenvalue weighted by Gasteiger charge is -2.35. The summed E-state index contributed by atoms with van der Waals surface area (Å²) in [4.78, 5) is 19.0. The number of carbonyl (C=O) groups excluding carboxylic acids is 1. The van der Waals surface area contributed by atoms with Gasteiger partial charge < -0.3 is 15.5 Å². The Morgan fingerprint density at radius 2 is 2.29 bits per heavy atom. The molecule has 116 valence electrons. The number of amides is 1. The minimum atomic E-state index is -0.0726. The van der Waals surface area contributed by atoms with Crippen LogP contribution < -0.4 is 10.6 Å². The van der Waals surface area contributed by atoms with Crippen LogP contribution in [0.2, 0.25) is 0 Å². The zero-order chi connectivity index (χ0) is 15.2. The molecule has 0 saturated carbocycles. The molecule has 0 bridgehead atoms. The quantitative estimate of drug-likeness (QED) is 0.870. The second-order valence-electron chi connectivity index (χ2n) is 5.94. The molecule has 2 heterocycles. The third-order valence-electron chi connectivity index (χ3n) is 3.96. The van der Waals surface area contributed by atoms with Crippen molar-refractivity contribution in [3.8, 4) is 0 Å². The van der Waals surface area contributed by atoms with Crippen LogP contribution in [0, 0.1) is 5.92 Å². The summed E-state index contributed by atoms with van der Waals surface area (Å²) in [5.41, 5.74) is 0.488. The molecule has 0 spiro atoms. The topological polar surface area (TPSA) is 57.3 Å². The number of hydrogen-bond donors (Lipinski definition) is 2. The first-order valence-corrected chi connectivity index (χ1v) is 7.80. The van der Waals surface area contributed by atoms with Crippen LogP contribution >= 0.6 is 0 Å². The molecule has 0 aliphatic carbocycles. The molecule has 1 aliphatic rings. The molecule has 21 heavy (non-hydrogen) atoms. The molecular formula is C16H26N4O. The molecule has 1 fully saturated rings. The van der Waals surface area contributed by atoms with Gasteiger partial charge in [-0.15, -0.1) is 0 Å². The molecule has 5 heteroatoms. The Balaban J connectivity index is 1.96. The third-order valence-corrected chi connectivity index (χ3v) is 3.96. The summed E-state index contributed by atoms with van der Waals surface area (Å²) in [7, 11) is 2.12. The van der Waals surface area contributed by atoms with Crippen LogP contribution in [0.15, 0.2) is 18.2 Å². The second kappa shape index (κ2) is 7.41. The number of anilines is 1. The Hall–Kier alpha value is -1.62. The van der Waals surface area contributed by atoms with Crippen molar-refractivity contribution in [1.82, 2.24) is 15.2 Å². The lowest BCUT2D eigenvalue weighted by molar-refractivity contribution is 0.0879. The summed E-state index contributed by atoms with van der Waals surface area (Å²) in [5, 5.41) is 6.34. The highest BCUT2D eigenvalue weighted by Gasteiger charge is 2.26. The summed E-state index contributed by atoms with van der Waals surface area (Å²) in [6.45, 7) is 7.21. The maximum Gasteiger partial charge on any atom is 0.270 e. The van der Waals surface area contributed by atoms with Gasteiger partial charge in [-0.05, 0) is 44.5 Å². The van der Waals surface area contributed by atoms with Gasteiger partial charge in [0.15, 0.2) is 0 Å². The van der Waals surface area contributed by atoms with Crippen LogP contribution in [0.25, 0.3) is 0 Å². The number of nitrogens with zero attached hydrogens (tertiary/aromatic N) is 2. The van der Waals surface area contributed by atoms with Crippen molar-refractivity contribution >= 4 is 11.7 Å². The highest BCUT2D eigenvalue weighted by molar-refractivity contribution is 5.92. The molecule has 2 unspecified atom stereocenters. The van der Waals surface area contributed by atoms with E-state index >= 15 is 0 Å². The minimum absolute atomic E-state index is 0.0726. The van der Waals surface area contributed by atoms with Crippen LogP contribution in [0.5, 0.6) is 0 Å². The highest BCUT2D eigenvalue weighted by Crippen LogP contribution is 2.16. The van der Waals surface area contributed by atoms with Crippen molar-refractivity contribution in [1.29, 1.82) is 0 Å². The van der Waals surface area contributed by atoms with Crippen molar-refractivity contribution in [3.63, 3.8) is 0 Å². The minimum Gasteiger partial charge on any atom is -0.370 e. The zero-order valence-electron chi connectivity index (χ0n) is 13.2. The first-order valence-electron chi connectivity index (χ1n) is 7.80. The number of pyridine rings is 1. The molecule has 1 aromatic heterocycles. The molecule has 1 saturated heterocycles. The Morgan fingerprint density at radius 1 is 1.48 bits per heavy atom. The Morgan fingerprint density at radius 3 is 3.00 bits per heavy atom. The largest absolute Gasteiger partial charge is 0.370 e. The van der Waals surface area contributed by atoms with Gasteiger partial charge in [-0.25, -0.2) is 4.98 Å². The maximum atomic E-state index is 12.4. The monoisotopic (exact) mass is 290 g/mol. The van der Waals surface area contributed by atoms with E-state index in [4.69, 9.17) is 0 Å². The summed E-state index contributed by atoms with van der Waals surface area (Å²) >= 11 is 0. The molecule has 0 radical (unpaired) electrons. The summed E-state index contributed by atoms with van der Waals surface area (Å²) in [5.74, 6) is 1.16. The maximum absolute atomic E-state index is 12.4. The Bertz CT molecular complexity index is 477. The number of aromatic nitrogens is 1. The zero-order valence-corrected chi connectivity index (χ0v) is 13.2. The smallest absolute Gasteiger partial charge is 0.270 e. The summed E-state index contributed by atoms with van der Waals surface area (Å²) in [6, 6.07) is 5.78. The average Bonchev–Trinajstić information content (AvgIpc) is 2.48. The van der Waals surface area contributed by atoms with Gasteiger partial charge in [0, 0.05) is 19.1 Å². The Labute approximate surface area is 127 Å². The van der Waals surface area contributed by atoms with Crippen LogP contribution in [0.1, 0.15) is 37.2 Å². The summed E-state index contributed by atoms with van der Waals surface area (Å²) in [6.07, 6.45) is 2.03. The third kappa shape index (κ3) is 4.43. The first-order chi connectivity index (χ1) is 10.1. The molecule has 5 nitrogen and oxygen atoms in total. The molecular weight excluding hydrogens is 264 g/mol. The fourth-order valence-corrected chi connectivity index (χ4v) is 2.72. The normalized spacial score (nSPS) is 22.8. The average molecular weight is 290 g/mol. The van der Waals surface area contributed by atoms with E-state index in [1.165, 1.54) is 0 Å². The van der Waals surface area contributed by atoms with Crippen molar-refractivity contribution in [3.05, 3.63) is 23.9 Å². The number of hydrogen-bond acceptors (Lipinski definition) is 4. The van der Waals surface area contributed by atoms with E-state index in [-0.39, 0.29) is 11.9 Å². The fraction of sp³-hybridized carbons (Fsp3) is 0.625. The van der Waals surface area contributed by atoms with Gasteiger partial charge >= 0.3 is 0 Å². The van der Waals surface area contributed by atoms with E-state index < -0.39 is 0 Å². The van der Waals surface area contributed by atoms with Crippen molar-refractivity contribution in [2.24, 2.45) is 5.92 Å². The second-order valence-corrected chi connectivity index (χ2v) is 5.94. The van der Waals surface area contributed by atoms with E-state index in [1.54, 1.807) is 6.07 Å². The lowest BCUT2D eigenvalue weighted by Crippen LogP contribution is -2.49. The molecule has 1 amide bonds. The number of rotatable bonds is 5. The van der Waals surface area contributed by atoms with Gasteiger partial charge in [-0.1, -0.05) is 19.9 Å². The van der Waals surface area contributed by atoms with Gasteiger partial charge in [0.2, 0.25) is 0 Å². The van der Waals surface area contributed by atoms with E-state index in [9.17, 15) is 4.79 Å². The number of piperidine rings is 1. The predicted molar refractivity (Wildman–Crippen MR) is 85.5 cm³/mol. The molecule has 1 aromatic rings. The van der Waals surface area contributed by atoms with E-state index in [2.05, 4.69) is 41.4 Å². The van der Waals surface area contributed by atoms with Crippen LogP contribution in [-0.2, 0) is 0 Å². The van der Waals surface area contributed by atoms with Gasteiger partial charge in [0.25, 0.3) is 5.91 Å². The van der Waals surface area contributed by atoms with Gasteiger partial charge in [-0.2, -0.15) is 0 Å². The van der Waals surface area contributed by atoms with E-state index in [0.717, 1.165) is 38.3 Å². The molecule has 2 atom stereocenters. The van der Waals surface area contributed by atoms with Gasteiger partial charge in [-0.3, -0.25) is 4.79 Å². The predicted octanol–water partition coefficient (Wildman–Crippen LogP) is 1.97. The van der Waals surface area contributed by atoms with Crippen LogP contribution in [-0.4, -0.2) is 48.5 Å². The van der Waals surface area contributed by atoms with Crippen molar-refractivity contribution in [2.45, 2.75) is 32.7 Å². The number of nitrogens with one attached hydrogen (secondary N) is 2. The summed E-state index contributed by atoms with van der Waals surface area (Å²) < 4.78 is 0. The van der Waals surface area contributed by atoms with Crippen LogP contribution in [0.3, 0.4) is 0 Å². The lowest BCUT2D eigenvalue weighted by atomic mass is 9.94. The Kier molecular flexibility index (Phi) is 5.56. The fourth-order valence-electron chi connectivity index (χ4n) is 2.72. The van der Waals surface area contributed by atoms with E-state index in [0.29, 0.717) is 11.6 Å². The van der Waals surface area contributed by atoms with Gasteiger partial charge in [0.05, 0.1) is 0 Å². The highest BCUT2D eigenvalue weighted by atomic mass is 16.1. The number of likely N-dealkylation sites (tertiary alicyclic amines) is 1. The number of carbonyl (C=O) groups is 1. The standard InChI is InChI=1S/C16H26N4O/c1-4-9-17-15-7-5-6-14(18-15)16(21)19-13-8-10-20(3)11-12(13)2/h5-7,12-13H,4,8-11H2,1-3H3,(H,17,18)(H,19,21). The van der Waals surface area contributed by atoms with Crippen molar-refractivity contribution < 1.29 is 4.79 Å². The SMILES string of the molecule is CCCNc1cccc(C(=O)NC2CCN(C)CC2C)n1. The van der Waals surface area contributed by atoms with Crippen molar-refractivity contribution in [2.75, 3.05) is 32.0 Å². The van der Waals surface area contributed by atoms with Crippen LogP contribution in [0.4, 0.5) is 5.82 Å². The molecule has 2 N–H and O–H groups in total. The van der Waals surface area contributed by atoms with E-state index in [1.807, 2.05) is 12.1 Å². The molecule has 0 aromatic carbocycles. The first kappa shape index (κ1) is 15.8.